The van der Waals surface area contributed by atoms with E-state index in [-0.39, 0.29) is 11.7 Å². The highest BCUT2D eigenvalue weighted by Gasteiger charge is 2.27. The van der Waals surface area contributed by atoms with Crippen LogP contribution in [0.3, 0.4) is 0 Å². The summed E-state index contributed by atoms with van der Waals surface area (Å²) in [6.07, 6.45) is 2.14. The van der Waals surface area contributed by atoms with E-state index in [0.29, 0.717) is 37.3 Å². The Morgan fingerprint density at radius 2 is 1.86 bits per heavy atom. The summed E-state index contributed by atoms with van der Waals surface area (Å²) in [6.45, 7) is 9.00. The van der Waals surface area contributed by atoms with Crippen LogP contribution in [0.5, 0.6) is 0 Å². The molecule has 1 aromatic carbocycles. The summed E-state index contributed by atoms with van der Waals surface area (Å²) in [5, 5.41) is 19.8. The normalized spacial score (nSPS) is 15.7. The number of urea groups is 1. The Balaban J connectivity index is 1.76. The first kappa shape index (κ1) is 22.9. The molecule has 1 atom stereocenters. The molecule has 1 aromatic rings. The van der Waals surface area contributed by atoms with Crippen molar-refractivity contribution in [3.05, 3.63) is 34.4 Å². The lowest BCUT2D eigenvalue weighted by Crippen LogP contribution is -2.53. The van der Waals surface area contributed by atoms with E-state index in [1.807, 2.05) is 0 Å². The molecule has 0 saturated carbocycles. The number of nitrogens with zero attached hydrogens (tertiary/aromatic N) is 2. The number of carbonyl (C=O) groups is 1. The number of nitro benzene ring substituents is 1. The molecular formula is C20H33N5O4. The third-order valence-corrected chi connectivity index (χ3v) is 5.41. The summed E-state index contributed by atoms with van der Waals surface area (Å²) in [5.74, 6) is 0.522. The van der Waals surface area contributed by atoms with Crippen molar-refractivity contribution in [1.82, 2.24) is 15.5 Å². The number of amides is 2. The molecule has 2 amide bonds. The summed E-state index contributed by atoms with van der Waals surface area (Å²) in [6, 6.07) is 6.54. The zero-order valence-electron chi connectivity index (χ0n) is 17.4. The van der Waals surface area contributed by atoms with Gasteiger partial charge in [0.2, 0.25) is 0 Å². The fourth-order valence-electron chi connectivity index (χ4n) is 3.75. The molecule has 1 aliphatic rings. The maximum Gasteiger partial charge on any atom is 0.314 e. The number of benzene rings is 1. The Kier molecular flexibility index (Phi) is 9.66. The van der Waals surface area contributed by atoms with Gasteiger partial charge in [-0.25, -0.2) is 4.79 Å². The molecule has 2 rings (SSSR count). The second-order valence-corrected chi connectivity index (χ2v) is 7.13. The highest BCUT2D eigenvalue weighted by atomic mass is 16.6. The van der Waals surface area contributed by atoms with E-state index < -0.39 is 4.92 Å². The van der Waals surface area contributed by atoms with Gasteiger partial charge in [0.1, 0.15) is 5.69 Å². The largest absolute Gasteiger partial charge is 0.379 e. The molecule has 0 spiro atoms. The van der Waals surface area contributed by atoms with Crippen molar-refractivity contribution in [2.24, 2.45) is 5.92 Å². The maximum absolute atomic E-state index is 12.2. The molecular weight excluding hydrogens is 374 g/mol. The summed E-state index contributed by atoms with van der Waals surface area (Å²) in [4.78, 5) is 25.2. The lowest BCUT2D eigenvalue weighted by atomic mass is 9.92. The minimum absolute atomic E-state index is 0.0236. The predicted molar refractivity (Wildman–Crippen MR) is 113 cm³/mol. The molecule has 9 nitrogen and oxygen atoms in total. The lowest BCUT2D eigenvalue weighted by molar-refractivity contribution is -0.384. The van der Waals surface area contributed by atoms with E-state index in [1.165, 1.54) is 6.07 Å². The van der Waals surface area contributed by atoms with Gasteiger partial charge in [0.05, 0.1) is 18.1 Å². The molecule has 1 aliphatic heterocycles. The van der Waals surface area contributed by atoms with E-state index in [4.69, 9.17) is 4.74 Å². The van der Waals surface area contributed by atoms with Gasteiger partial charge in [0.25, 0.3) is 5.69 Å². The zero-order valence-corrected chi connectivity index (χ0v) is 17.4. The zero-order chi connectivity index (χ0) is 21.1. The molecule has 3 N–H and O–H groups in total. The van der Waals surface area contributed by atoms with Crippen molar-refractivity contribution in [3.8, 4) is 0 Å². The van der Waals surface area contributed by atoms with Crippen LogP contribution in [-0.2, 0) is 4.74 Å². The van der Waals surface area contributed by atoms with Crippen LogP contribution in [0.4, 0.5) is 16.2 Å². The lowest BCUT2D eigenvalue weighted by Gasteiger charge is -2.38. The third kappa shape index (κ3) is 7.17. The van der Waals surface area contributed by atoms with Crippen molar-refractivity contribution in [1.29, 1.82) is 0 Å². The van der Waals surface area contributed by atoms with Gasteiger partial charge < -0.3 is 20.7 Å². The molecule has 0 aromatic heterocycles. The molecule has 1 fully saturated rings. The third-order valence-electron chi connectivity index (χ3n) is 5.41. The van der Waals surface area contributed by atoms with Crippen molar-refractivity contribution in [3.63, 3.8) is 0 Å². The van der Waals surface area contributed by atoms with Crippen LogP contribution in [0.2, 0.25) is 0 Å². The van der Waals surface area contributed by atoms with E-state index in [9.17, 15) is 14.9 Å². The monoisotopic (exact) mass is 407 g/mol. The Labute approximate surface area is 172 Å². The average molecular weight is 408 g/mol. The Morgan fingerprint density at radius 3 is 2.52 bits per heavy atom. The van der Waals surface area contributed by atoms with Crippen molar-refractivity contribution >= 4 is 17.4 Å². The van der Waals surface area contributed by atoms with Crippen molar-refractivity contribution < 1.29 is 14.5 Å². The number of rotatable bonds is 11. The van der Waals surface area contributed by atoms with Crippen LogP contribution in [0, 0.1) is 16.0 Å². The molecule has 0 aliphatic carbocycles. The number of carbonyl (C=O) groups excluding carboxylic acids is 1. The Hall–Kier alpha value is -2.39. The van der Waals surface area contributed by atoms with E-state index in [0.717, 1.165) is 39.1 Å². The number of hydrogen-bond donors (Lipinski definition) is 3. The highest BCUT2D eigenvalue weighted by Crippen LogP contribution is 2.22. The fourth-order valence-corrected chi connectivity index (χ4v) is 3.75. The summed E-state index contributed by atoms with van der Waals surface area (Å²) < 4.78 is 5.46. The van der Waals surface area contributed by atoms with Gasteiger partial charge in [0, 0.05) is 44.8 Å². The Morgan fingerprint density at radius 1 is 1.17 bits per heavy atom. The molecule has 0 bridgehead atoms. The quantitative estimate of drug-likeness (QED) is 0.295. The van der Waals surface area contributed by atoms with E-state index >= 15 is 0 Å². The minimum Gasteiger partial charge on any atom is -0.379 e. The predicted octanol–water partition coefficient (Wildman–Crippen LogP) is 2.44. The number of nitro groups is 1. The second-order valence-electron chi connectivity index (χ2n) is 7.13. The number of nitrogens with one attached hydrogen (secondary N) is 3. The van der Waals surface area contributed by atoms with Gasteiger partial charge in [-0.15, -0.1) is 0 Å². The van der Waals surface area contributed by atoms with Gasteiger partial charge in [-0.3, -0.25) is 15.0 Å². The standard InChI is InChI=1S/C20H33N5O4/c1-3-16(4-2)19(24-11-13-29-14-12-24)15-23-20(26)22-10-9-21-17-7-5-6-8-18(17)25(27)28/h5-8,16,19,21H,3-4,9-15H2,1-2H3,(H2,22,23,26). The fraction of sp³-hybridized carbons (Fsp3) is 0.650. The van der Waals surface area contributed by atoms with Gasteiger partial charge in [-0.1, -0.05) is 38.8 Å². The molecule has 0 radical (unpaired) electrons. The van der Waals surface area contributed by atoms with Crippen LogP contribution >= 0.6 is 0 Å². The average Bonchev–Trinajstić information content (AvgIpc) is 2.75. The van der Waals surface area contributed by atoms with Gasteiger partial charge in [0.15, 0.2) is 0 Å². The first-order valence-corrected chi connectivity index (χ1v) is 10.4. The van der Waals surface area contributed by atoms with Crippen molar-refractivity contribution in [2.45, 2.75) is 32.7 Å². The SMILES string of the molecule is CCC(CC)C(CNC(=O)NCCNc1ccccc1[N+](=O)[O-])N1CCOCC1. The summed E-state index contributed by atoms with van der Waals surface area (Å²) >= 11 is 0. The first-order chi connectivity index (χ1) is 14.1. The number of ether oxygens (including phenoxy) is 1. The smallest absolute Gasteiger partial charge is 0.314 e. The maximum atomic E-state index is 12.2. The van der Waals surface area contributed by atoms with Crippen LogP contribution in [0.25, 0.3) is 0 Å². The second kappa shape index (κ2) is 12.2. The molecule has 1 saturated heterocycles. The van der Waals surface area contributed by atoms with Gasteiger partial charge in [-0.2, -0.15) is 0 Å². The summed E-state index contributed by atoms with van der Waals surface area (Å²) in [5.41, 5.74) is 0.469. The number of hydrogen-bond acceptors (Lipinski definition) is 6. The molecule has 1 unspecified atom stereocenters. The highest BCUT2D eigenvalue weighted by molar-refractivity contribution is 5.73. The minimum atomic E-state index is -0.424. The number of morpholine rings is 1. The molecule has 29 heavy (non-hydrogen) atoms. The first-order valence-electron chi connectivity index (χ1n) is 10.4. The van der Waals surface area contributed by atoms with Crippen LogP contribution in [0.15, 0.2) is 24.3 Å². The van der Waals surface area contributed by atoms with E-state index in [2.05, 4.69) is 34.7 Å². The van der Waals surface area contributed by atoms with Crippen molar-refractivity contribution in [2.75, 3.05) is 51.3 Å². The Bertz CT molecular complexity index is 648. The number of para-hydroxylation sites is 2. The topological polar surface area (TPSA) is 109 Å². The van der Waals surface area contributed by atoms with Crippen LogP contribution in [-0.4, -0.2) is 67.8 Å². The number of anilines is 1. The van der Waals surface area contributed by atoms with Gasteiger partial charge in [-0.05, 0) is 12.0 Å². The van der Waals surface area contributed by atoms with E-state index in [1.54, 1.807) is 18.2 Å². The molecule has 9 heteroatoms. The van der Waals surface area contributed by atoms with Crippen LogP contribution in [0.1, 0.15) is 26.7 Å². The van der Waals surface area contributed by atoms with Crippen LogP contribution < -0.4 is 16.0 Å². The van der Waals surface area contributed by atoms with Gasteiger partial charge >= 0.3 is 6.03 Å². The summed E-state index contributed by atoms with van der Waals surface area (Å²) in [7, 11) is 0. The molecule has 162 valence electrons. The molecule has 1 heterocycles.